The Bertz CT molecular complexity index is 724. The third kappa shape index (κ3) is 4.44. The third-order valence-electron chi connectivity index (χ3n) is 2.92. The van der Waals surface area contributed by atoms with Crippen LogP contribution >= 0.6 is 0 Å². The summed E-state index contributed by atoms with van der Waals surface area (Å²) in [5.41, 5.74) is 0.458. The summed E-state index contributed by atoms with van der Waals surface area (Å²) in [6.45, 7) is 1.97. The Labute approximate surface area is 129 Å². The molecular formula is C15H18N2O4S. The predicted molar refractivity (Wildman–Crippen MR) is 82.7 cm³/mol. The maximum Gasteiger partial charge on any atom is 0.241 e. The number of anilines is 1. The van der Waals surface area contributed by atoms with Crippen molar-refractivity contribution < 1.29 is 17.6 Å². The molecule has 1 heterocycles. The standard InChI is InChI=1S/C15H18N2O4S/c1-2-5-15(18)17-12-6-3-8-14(10-12)22(19,20)16-11-13-7-4-9-21-13/h3-4,6-10,16H,2,5,11H2,1H3,(H,17,18). The Hall–Kier alpha value is -2.12. The quantitative estimate of drug-likeness (QED) is 0.819. The molecule has 0 aliphatic rings. The van der Waals surface area contributed by atoms with E-state index in [1.807, 2.05) is 6.92 Å². The zero-order valence-corrected chi connectivity index (χ0v) is 13.0. The molecule has 0 aliphatic carbocycles. The highest BCUT2D eigenvalue weighted by Gasteiger charge is 2.15. The minimum absolute atomic E-state index is 0.0712. The maximum atomic E-state index is 12.2. The van der Waals surface area contributed by atoms with E-state index in [2.05, 4.69) is 10.0 Å². The monoisotopic (exact) mass is 322 g/mol. The van der Waals surface area contributed by atoms with Crippen molar-refractivity contribution in [1.82, 2.24) is 4.72 Å². The van der Waals surface area contributed by atoms with E-state index in [1.165, 1.54) is 18.4 Å². The molecule has 0 saturated heterocycles. The summed E-state index contributed by atoms with van der Waals surface area (Å²) in [4.78, 5) is 11.7. The lowest BCUT2D eigenvalue weighted by Gasteiger charge is -2.08. The van der Waals surface area contributed by atoms with Gasteiger partial charge >= 0.3 is 0 Å². The van der Waals surface area contributed by atoms with Crippen molar-refractivity contribution in [1.29, 1.82) is 0 Å². The van der Waals surface area contributed by atoms with Gasteiger partial charge < -0.3 is 9.73 Å². The molecule has 118 valence electrons. The number of carbonyl (C=O) groups excluding carboxylic acids is 1. The molecule has 2 aromatic rings. The van der Waals surface area contributed by atoms with Crippen LogP contribution in [0.15, 0.2) is 52.0 Å². The van der Waals surface area contributed by atoms with Gasteiger partial charge in [-0.2, -0.15) is 0 Å². The zero-order chi connectivity index (χ0) is 16.0. The first kappa shape index (κ1) is 16.3. The van der Waals surface area contributed by atoms with Crippen LogP contribution in [0.5, 0.6) is 0 Å². The van der Waals surface area contributed by atoms with Crippen LogP contribution in [-0.2, 0) is 21.4 Å². The lowest BCUT2D eigenvalue weighted by molar-refractivity contribution is -0.116. The normalized spacial score (nSPS) is 11.3. The molecule has 1 amide bonds. The van der Waals surface area contributed by atoms with Crippen LogP contribution in [0.2, 0.25) is 0 Å². The maximum absolute atomic E-state index is 12.2. The fraction of sp³-hybridized carbons (Fsp3) is 0.267. The van der Waals surface area contributed by atoms with Crippen molar-refractivity contribution in [2.24, 2.45) is 0 Å². The Morgan fingerprint density at radius 1 is 1.23 bits per heavy atom. The number of hydrogen-bond acceptors (Lipinski definition) is 4. The molecule has 0 spiro atoms. The van der Waals surface area contributed by atoms with Gasteiger partial charge in [-0.05, 0) is 36.8 Å². The molecule has 0 saturated carbocycles. The van der Waals surface area contributed by atoms with Gasteiger partial charge in [0, 0.05) is 12.1 Å². The van der Waals surface area contributed by atoms with Gasteiger partial charge in [0.15, 0.2) is 0 Å². The number of nitrogens with one attached hydrogen (secondary N) is 2. The first-order valence-corrected chi connectivity index (χ1v) is 8.41. The van der Waals surface area contributed by atoms with Crippen LogP contribution in [0.3, 0.4) is 0 Å². The smallest absolute Gasteiger partial charge is 0.241 e. The second-order valence-corrected chi connectivity index (χ2v) is 6.50. The van der Waals surface area contributed by atoms with E-state index in [1.54, 1.807) is 24.3 Å². The summed E-state index contributed by atoms with van der Waals surface area (Å²) < 4.78 is 32.0. The second kappa shape index (κ2) is 7.24. The zero-order valence-electron chi connectivity index (χ0n) is 12.2. The molecule has 1 aromatic carbocycles. The van der Waals surface area contributed by atoms with Gasteiger partial charge in [-0.25, -0.2) is 13.1 Å². The molecule has 1 aromatic heterocycles. The average molecular weight is 322 g/mol. The number of rotatable bonds is 7. The summed E-state index contributed by atoms with van der Waals surface area (Å²) in [6.07, 6.45) is 2.61. The fourth-order valence-corrected chi connectivity index (χ4v) is 2.89. The largest absolute Gasteiger partial charge is 0.468 e. The van der Waals surface area contributed by atoms with Gasteiger partial charge in [-0.15, -0.1) is 0 Å². The van der Waals surface area contributed by atoms with E-state index >= 15 is 0 Å². The minimum atomic E-state index is -3.67. The molecule has 0 bridgehead atoms. The van der Waals surface area contributed by atoms with Crippen LogP contribution in [-0.4, -0.2) is 14.3 Å². The van der Waals surface area contributed by atoms with Gasteiger partial charge in [0.25, 0.3) is 0 Å². The third-order valence-corrected chi connectivity index (χ3v) is 4.32. The van der Waals surface area contributed by atoms with Gasteiger partial charge in [0.1, 0.15) is 5.76 Å². The average Bonchev–Trinajstić information content (AvgIpc) is 2.99. The van der Waals surface area contributed by atoms with Crippen molar-refractivity contribution in [3.8, 4) is 0 Å². The minimum Gasteiger partial charge on any atom is -0.468 e. The Kier molecular flexibility index (Phi) is 5.35. The van der Waals surface area contributed by atoms with Crippen LogP contribution in [0.4, 0.5) is 5.69 Å². The SMILES string of the molecule is CCCC(=O)Nc1cccc(S(=O)(=O)NCc2ccco2)c1. The molecular weight excluding hydrogens is 304 g/mol. The molecule has 7 heteroatoms. The van der Waals surface area contributed by atoms with E-state index in [4.69, 9.17) is 4.42 Å². The number of amides is 1. The van der Waals surface area contributed by atoms with Gasteiger partial charge in [0.2, 0.25) is 15.9 Å². The Morgan fingerprint density at radius 2 is 2.05 bits per heavy atom. The highest BCUT2D eigenvalue weighted by atomic mass is 32.2. The van der Waals surface area contributed by atoms with E-state index in [0.717, 1.165) is 6.42 Å². The van der Waals surface area contributed by atoms with Gasteiger partial charge in [0.05, 0.1) is 17.7 Å². The van der Waals surface area contributed by atoms with E-state index < -0.39 is 10.0 Å². The van der Waals surface area contributed by atoms with Crippen molar-refractivity contribution in [2.75, 3.05) is 5.32 Å². The molecule has 0 aliphatic heterocycles. The molecule has 0 unspecified atom stereocenters. The summed E-state index contributed by atoms with van der Waals surface area (Å²) in [7, 11) is -3.67. The number of sulfonamides is 1. The van der Waals surface area contributed by atoms with Crippen LogP contribution in [0.25, 0.3) is 0 Å². The molecule has 2 rings (SSSR count). The predicted octanol–water partition coefficient (Wildman–Crippen LogP) is 2.50. The summed E-state index contributed by atoms with van der Waals surface area (Å²) in [6, 6.07) is 9.51. The van der Waals surface area contributed by atoms with Crippen molar-refractivity contribution in [3.63, 3.8) is 0 Å². The van der Waals surface area contributed by atoms with Crippen LogP contribution in [0, 0.1) is 0 Å². The molecule has 0 fully saturated rings. The van der Waals surface area contributed by atoms with Crippen LogP contribution in [0.1, 0.15) is 25.5 Å². The Morgan fingerprint density at radius 3 is 2.73 bits per heavy atom. The lowest BCUT2D eigenvalue weighted by Crippen LogP contribution is -2.23. The molecule has 6 nitrogen and oxygen atoms in total. The first-order chi connectivity index (χ1) is 10.5. The highest BCUT2D eigenvalue weighted by molar-refractivity contribution is 7.89. The van der Waals surface area contributed by atoms with E-state index in [9.17, 15) is 13.2 Å². The molecule has 0 radical (unpaired) electrons. The lowest BCUT2D eigenvalue weighted by atomic mass is 10.3. The molecule has 0 atom stereocenters. The Balaban J connectivity index is 2.08. The molecule has 22 heavy (non-hydrogen) atoms. The number of carbonyl (C=O) groups is 1. The van der Waals surface area contributed by atoms with Crippen molar-refractivity contribution >= 4 is 21.6 Å². The molecule has 2 N–H and O–H groups in total. The fourth-order valence-electron chi connectivity index (χ4n) is 1.85. The van der Waals surface area contributed by atoms with Crippen LogP contribution < -0.4 is 10.0 Å². The topological polar surface area (TPSA) is 88.4 Å². The summed E-state index contributed by atoms with van der Waals surface area (Å²) in [5, 5.41) is 2.68. The first-order valence-electron chi connectivity index (χ1n) is 6.93. The highest BCUT2D eigenvalue weighted by Crippen LogP contribution is 2.16. The number of hydrogen-bond donors (Lipinski definition) is 2. The number of benzene rings is 1. The van der Waals surface area contributed by atoms with Gasteiger partial charge in [-0.3, -0.25) is 4.79 Å². The summed E-state index contributed by atoms with van der Waals surface area (Å²) >= 11 is 0. The second-order valence-electron chi connectivity index (χ2n) is 4.73. The van der Waals surface area contributed by atoms with Gasteiger partial charge in [-0.1, -0.05) is 13.0 Å². The van der Waals surface area contributed by atoms with Crippen molar-refractivity contribution in [2.45, 2.75) is 31.2 Å². The van der Waals surface area contributed by atoms with Crippen molar-refractivity contribution in [3.05, 3.63) is 48.4 Å². The van der Waals surface area contributed by atoms with E-state index in [-0.39, 0.29) is 17.3 Å². The van der Waals surface area contributed by atoms with E-state index in [0.29, 0.717) is 17.9 Å². The summed E-state index contributed by atoms with van der Waals surface area (Å²) in [5.74, 6) is 0.386. The number of furan rings is 1.